The number of thiophene rings is 1. The molecule has 11 heteroatoms. The SMILES string of the molecule is CCc1nn(C)cc1NC(=O)C(=O)Nc1cc([N+](=O)[O-])ccc1Sc1cccs1. The Balaban J connectivity index is 1.81. The van der Waals surface area contributed by atoms with E-state index in [9.17, 15) is 19.7 Å². The highest BCUT2D eigenvalue weighted by molar-refractivity contribution is 8.01. The molecule has 0 bridgehead atoms. The largest absolute Gasteiger partial charge is 0.316 e. The Labute approximate surface area is 174 Å². The van der Waals surface area contributed by atoms with Crippen molar-refractivity contribution < 1.29 is 14.5 Å². The molecular weight excluding hydrogens is 414 g/mol. The van der Waals surface area contributed by atoms with Gasteiger partial charge >= 0.3 is 11.8 Å². The van der Waals surface area contributed by atoms with Crippen molar-refractivity contribution in [2.24, 2.45) is 7.05 Å². The number of amides is 2. The minimum Gasteiger partial charge on any atom is -0.316 e. The summed E-state index contributed by atoms with van der Waals surface area (Å²) in [6.07, 6.45) is 2.19. The van der Waals surface area contributed by atoms with Gasteiger partial charge < -0.3 is 10.6 Å². The number of rotatable bonds is 6. The molecule has 0 saturated heterocycles. The molecule has 2 amide bonds. The van der Waals surface area contributed by atoms with E-state index in [1.54, 1.807) is 24.0 Å². The zero-order valence-electron chi connectivity index (χ0n) is 15.5. The first-order valence-electron chi connectivity index (χ1n) is 8.52. The Kier molecular flexibility index (Phi) is 6.29. The van der Waals surface area contributed by atoms with Crippen molar-refractivity contribution in [3.05, 3.63) is 57.7 Å². The summed E-state index contributed by atoms with van der Waals surface area (Å²) in [4.78, 5) is 35.9. The normalized spacial score (nSPS) is 10.6. The van der Waals surface area contributed by atoms with E-state index in [1.165, 1.54) is 35.2 Å². The average molecular weight is 431 g/mol. The van der Waals surface area contributed by atoms with E-state index < -0.39 is 16.7 Å². The fourth-order valence-electron chi connectivity index (χ4n) is 2.51. The number of carbonyl (C=O) groups is 2. The summed E-state index contributed by atoms with van der Waals surface area (Å²) in [6, 6.07) is 7.91. The molecule has 0 atom stereocenters. The van der Waals surface area contributed by atoms with Crippen LogP contribution < -0.4 is 10.6 Å². The van der Waals surface area contributed by atoms with Gasteiger partial charge in [0.15, 0.2) is 0 Å². The molecule has 0 aliphatic heterocycles. The Hall–Kier alpha value is -3.18. The zero-order chi connectivity index (χ0) is 21.0. The summed E-state index contributed by atoms with van der Waals surface area (Å²) in [5.74, 6) is -1.81. The number of carbonyl (C=O) groups excluding carboxylic acids is 2. The van der Waals surface area contributed by atoms with Crippen molar-refractivity contribution in [1.82, 2.24) is 9.78 Å². The Bertz CT molecular complexity index is 1060. The lowest BCUT2D eigenvalue weighted by Crippen LogP contribution is -2.29. The number of nitro benzene ring substituents is 1. The Morgan fingerprint density at radius 1 is 1.24 bits per heavy atom. The quantitative estimate of drug-likeness (QED) is 0.349. The van der Waals surface area contributed by atoms with E-state index in [0.717, 1.165) is 4.21 Å². The third-order valence-corrected chi connectivity index (χ3v) is 5.94. The van der Waals surface area contributed by atoms with Gasteiger partial charge in [-0.3, -0.25) is 24.4 Å². The van der Waals surface area contributed by atoms with Crippen LogP contribution in [-0.4, -0.2) is 26.5 Å². The van der Waals surface area contributed by atoms with Gasteiger partial charge in [-0.1, -0.05) is 24.8 Å². The first-order valence-corrected chi connectivity index (χ1v) is 10.2. The maximum absolute atomic E-state index is 12.4. The van der Waals surface area contributed by atoms with Crippen LogP contribution in [0.5, 0.6) is 0 Å². The van der Waals surface area contributed by atoms with E-state index >= 15 is 0 Å². The van der Waals surface area contributed by atoms with Gasteiger partial charge in [0.1, 0.15) is 0 Å². The second-order valence-corrected chi connectivity index (χ2v) is 8.19. The summed E-state index contributed by atoms with van der Waals surface area (Å²) in [5, 5.41) is 22.2. The Morgan fingerprint density at radius 2 is 1.97 bits per heavy atom. The van der Waals surface area contributed by atoms with Gasteiger partial charge in [0.25, 0.3) is 5.69 Å². The molecule has 29 heavy (non-hydrogen) atoms. The van der Waals surface area contributed by atoms with Gasteiger partial charge in [0.05, 0.1) is 26.2 Å². The first kappa shape index (κ1) is 20.6. The minimum absolute atomic E-state index is 0.184. The number of hydrogen-bond acceptors (Lipinski definition) is 7. The standard InChI is InChI=1S/C18H17N5O4S2/c1-3-12-14(10-22(2)21-12)20-18(25)17(24)19-13-9-11(23(26)27)6-7-15(13)29-16-5-4-8-28-16/h4-10H,3H2,1-2H3,(H,19,24)(H,20,25). The third kappa shape index (κ3) is 5.00. The number of nitro groups is 1. The van der Waals surface area contributed by atoms with Crippen LogP contribution in [0.2, 0.25) is 0 Å². The van der Waals surface area contributed by atoms with Crippen molar-refractivity contribution >= 4 is 52.0 Å². The third-order valence-electron chi connectivity index (χ3n) is 3.82. The number of non-ortho nitro benzene ring substituents is 1. The van der Waals surface area contributed by atoms with E-state index in [2.05, 4.69) is 15.7 Å². The van der Waals surface area contributed by atoms with Crippen LogP contribution in [-0.2, 0) is 23.1 Å². The molecule has 0 saturated carbocycles. The lowest BCUT2D eigenvalue weighted by molar-refractivity contribution is -0.384. The molecule has 1 aromatic carbocycles. The highest BCUT2D eigenvalue weighted by Gasteiger charge is 2.20. The molecule has 0 unspecified atom stereocenters. The van der Waals surface area contributed by atoms with Crippen LogP contribution in [0.1, 0.15) is 12.6 Å². The molecular formula is C18H17N5O4S2. The Morgan fingerprint density at radius 3 is 2.59 bits per heavy atom. The summed E-state index contributed by atoms with van der Waals surface area (Å²) >= 11 is 2.84. The minimum atomic E-state index is -0.926. The van der Waals surface area contributed by atoms with Crippen LogP contribution in [0.15, 0.2) is 51.0 Å². The maximum atomic E-state index is 12.4. The summed E-state index contributed by atoms with van der Waals surface area (Å²) in [5.41, 5.74) is 1.11. The molecule has 2 N–H and O–H groups in total. The molecule has 3 rings (SSSR count). The van der Waals surface area contributed by atoms with Crippen LogP contribution in [0, 0.1) is 10.1 Å². The fraction of sp³-hybridized carbons (Fsp3) is 0.167. The van der Waals surface area contributed by atoms with Gasteiger partial charge in [-0.2, -0.15) is 5.10 Å². The monoisotopic (exact) mass is 431 g/mol. The molecule has 0 aliphatic carbocycles. The van der Waals surface area contributed by atoms with Gasteiger partial charge in [-0.15, -0.1) is 11.3 Å². The molecule has 3 aromatic rings. The molecule has 150 valence electrons. The van der Waals surface area contributed by atoms with E-state index in [-0.39, 0.29) is 11.4 Å². The van der Waals surface area contributed by atoms with E-state index in [4.69, 9.17) is 0 Å². The molecule has 0 aliphatic rings. The molecule has 0 spiro atoms. The molecule has 0 radical (unpaired) electrons. The summed E-state index contributed by atoms with van der Waals surface area (Å²) in [6.45, 7) is 1.88. The van der Waals surface area contributed by atoms with Crippen LogP contribution >= 0.6 is 23.1 Å². The van der Waals surface area contributed by atoms with Crippen molar-refractivity contribution in [3.63, 3.8) is 0 Å². The lowest BCUT2D eigenvalue weighted by atomic mass is 10.2. The van der Waals surface area contributed by atoms with Crippen molar-refractivity contribution in [2.75, 3.05) is 10.6 Å². The van der Waals surface area contributed by atoms with Crippen molar-refractivity contribution in [1.29, 1.82) is 0 Å². The van der Waals surface area contributed by atoms with E-state index in [1.807, 2.05) is 24.4 Å². The number of aryl methyl sites for hydroxylation is 2. The number of benzene rings is 1. The average Bonchev–Trinajstić information content (AvgIpc) is 3.32. The van der Waals surface area contributed by atoms with Gasteiger partial charge in [-0.25, -0.2) is 0 Å². The summed E-state index contributed by atoms with van der Waals surface area (Å²) in [7, 11) is 1.71. The first-order chi connectivity index (χ1) is 13.9. The van der Waals surface area contributed by atoms with Crippen LogP contribution in [0.3, 0.4) is 0 Å². The molecule has 9 nitrogen and oxygen atoms in total. The highest BCUT2D eigenvalue weighted by atomic mass is 32.2. The zero-order valence-corrected chi connectivity index (χ0v) is 17.2. The topological polar surface area (TPSA) is 119 Å². The van der Waals surface area contributed by atoms with Crippen molar-refractivity contribution in [2.45, 2.75) is 22.4 Å². The van der Waals surface area contributed by atoms with Gasteiger partial charge in [0.2, 0.25) is 0 Å². The van der Waals surface area contributed by atoms with E-state index in [0.29, 0.717) is 22.7 Å². The van der Waals surface area contributed by atoms with Crippen LogP contribution in [0.4, 0.5) is 17.1 Å². The molecule has 2 aromatic heterocycles. The number of nitrogens with one attached hydrogen (secondary N) is 2. The smallest absolute Gasteiger partial charge is 0.314 e. The second kappa shape index (κ2) is 8.88. The number of nitrogens with zero attached hydrogens (tertiary/aromatic N) is 3. The second-order valence-electron chi connectivity index (χ2n) is 5.90. The number of aromatic nitrogens is 2. The maximum Gasteiger partial charge on any atom is 0.314 e. The highest BCUT2D eigenvalue weighted by Crippen LogP contribution is 2.37. The van der Waals surface area contributed by atoms with Crippen LogP contribution in [0.25, 0.3) is 0 Å². The molecule has 0 fully saturated rings. The fourth-order valence-corrected chi connectivity index (χ4v) is 4.30. The van der Waals surface area contributed by atoms with Gasteiger partial charge in [-0.05, 0) is 23.9 Å². The van der Waals surface area contributed by atoms with Gasteiger partial charge in [0, 0.05) is 30.3 Å². The van der Waals surface area contributed by atoms with Crippen molar-refractivity contribution in [3.8, 4) is 0 Å². The molecule has 2 heterocycles. The summed E-state index contributed by atoms with van der Waals surface area (Å²) < 4.78 is 2.49. The number of anilines is 2. The predicted octanol–water partition coefficient (Wildman–Crippen LogP) is 3.68. The predicted molar refractivity (Wildman–Crippen MR) is 111 cm³/mol. The number of hydrogen-bond donors (Lipinski definition) is 2. The lowest BCUT2D eigenvalue weighted by Gasteiger charge is -2.10.